The van der Waals surface area contributed by atoms with Gasteiger partial charge in [0.25, 0.3) is 0 Å². The molecule has 8 nitrogen and oxygen atoms in total. The van der Waals surface area contributed by atoms with Gasteiger partial charge in [0.15, 0.2) is 0 Å². The van der Waals surface area contributed by atoms with E-state index in [1.165, 1.54) is 0 Å². The summed E-state index contributed by atoms with van der Waals surface area (Å²) in [5.41, 5.74) is 5.92. The molecule has 4 aromatic rings. The topological polar surface area (TPSA) is 71.6 Å². The van der Waals surface area contributed by atoms with Gasteiger partial charge in [0.2, 0.25) is 5.91 Å². The summed E-state index contributed by atoms with van der Waals surface area (Å²) in [6.07, 6.45) is 7.47. The molecule has 0 spiro atoms. The molecule has 1 fully saturated rings. The van der Waals surface area contributed by atoms with Crippen molar-refractivity contribution < 1.29 is 4.79 Å². The third-order valence-electron chi connectivity index (χ3n) is 6.09. The molecule has 1 aliphatic heterocycles. The van der Waals surface area contributed by atoms with Gasteiger partial charge in [-0.3, -0.25) is 14.4 Å². The molecule has 0 saturated carbocycles. The van der Waals surface area contributed by atoms with Crippen molar-refractivity contribution in [1.29, 1.82) is 0 Å². The van der Waals surface area contributed by atoms with Gasteiger partial charge in [-0.05, 0) is 17.0 Å². The van der Waals surface area contributed by atoms with Crippen LogP contribution in [0.15, 0.2) is 55.1 Å². The lowest BCUT2D eigenvalue weighted by Crippen LogP contribution is -2.51. The highest BCUT2D eigenvalue weighted by molar-refractivity contribution is 5.80. The molecule has 0 aliphatic carbocycles. The van der Waals surface area contributed by atoms with Gasteiger partial charge in [-0.25, -0.2) is 9.50 Å². The maximum Gasteiger partial charge on any atom is 0.237 e. The lowest BCUT2D eigenvalue weighted by atomic mass is 9.95. The molecule has 5 rings (SSSR count). The molecule has 1 aromatic carbocycles. The molecule has 3 aromatic heterocycles. The number of benzene rings is 1. The average Bonchev–Trinajstić information content (AvgIpc) is 3.43. The fourth-order valence-electron chi connectivity index (χ4n) is 4.55. The van der Waals surface area contributed by atoms with Gasteiger partial charge in [0.05, 0.1) is 42.0 Å². The van der Waals surface area contributed by atoms with E-state index in [-0.39, 0.29) is 11.3 Å². The number of rotatable bonds is 5. The first-order valence-corrected chi connectivity index (χ1v) is 11.7. The van der Waals surface area contributed by atoms with Crippen LogP contribution in [0.1, 0.15) is 26.3 Å². The van der Waals surface area contributed by atoms with Gasteiger partial charge in [-0.1, -0.05) is 45.0 Å². The van der Waals surface area contributed by atoms with Crippen molar-refractivity contribution in [3.05, 3.63) is 60.7 Å². The van der Waals surface area contributed by atoms with E-state index in [4.69, 9.17) is 4.98 Å². The van der Waals surface area contributed by atoms with Crippen molar-refractivity contribution in [2.24, 2.45) is 12.5 Å². The summed E-state index contributed by atoms with van der Waals surface area (Å²) in [7, 11) is 1.89. The van der Waals surface area contributed by atoms with Crippen molar-refractivity contribution >= 4 is 11.4 Å². The number of aromatic nitrogens is 5. The van der Waals surface area contributed by atoms with E-state index >= 15 is 0 Å². The van der Waals surface area contributed by atoms with Crippen molar-refractivity contribution in [2.75, 3.05) is 26.2 Å². The second-order valence-corrected chi connectivity index (χ2v) is 10.3. The van der Waals surface area contributed by atoms with Crippen LogP contribution < -0.4 is 0 Å². The number of fused-ring (bicyclic) bond motifs is 1. The molecule has 34 heavy (non-hydrogen) atoms. The quantitative estimate of drug-likeness (QED) is 0.459. The first-order valence-electron chi connectivity index (χ1n) is 11.7. The Balaban J connectivity index is 1.34. The van der Waals surface area contributed by atoms with E-state index in [1.807, 2.05) is 41.1 Å². The summed E-state index contributed by atoms with van der Waals surface area (Å²) < 4.78 is 3.62. The molecular formula is C26H31N7O. The molecule has 4 heterocycles. The van der Waals surface area contributed by atoms with E-state index in [0.29, 0.717) is 13.1 Å². The Kier molecular flexibility index (Phi) is 5.69. The molecule has 1 aliphatic rings. The third kappa shape index (κ3) is 4.72. The Labute approximate surface area is 199 Å². The average molecular weight is 458 g/mol. The highest BCUT2D eigenvalue weighted by atomic mass is 16.2. The Morgan fingerprint density at radius 1 is 0.971 bits per heavy atom. The Morgan fingerprint density at radius 2 is 1.76 bits per heavy atom. The van der Waals surface area contributed by atoms with Crippen LogP contribution in [0.5, 0.6) is 0 Å². The van der Waals surface area contributed by atoms with Gasteiger partial charge in [0.1, 0.15) is 0 Å². The van der Waals surface area contributed by atoms with E-state index in [1.54, 1.807) is 10.9 Å². The maximum absolute atomic E-state index is 12.7. The second kappa shape index (κ2) is 8.68. The highest BCUT2D eigenvalue weighted by Crippen LogP contribution is 2.27. The molecular weight excluding hydrogens is 426 g/mol. The fraction of sp³-hybridized carbons (Fsp3) is 0.385. The molecule has 0 atom stereocenters. The van der Waals surface area contributed by atoms with Crippen LogP contribution in [0.2, 0.25) is 0 Å². The van der Waals surface area contributed by atoms with Crippen molar-refractivity contribution in [3.8, 4) is 22.5 Å². The zero-order valence-corrected chi connectivity index (χ0v) is 20.3. The minimum atomic E-state index is 0.196. The van der Waals surface area contributed by atoms with Crippen LogP contribution in [0, 0.1) is 5.41 Å². The van der Waals surface area contributed by atoms with Crippen LogP contribution in [-0.2, 0) is 18.4 Å². The SMILES string of the molecule is Cn1cc(-c2cn3nccc3c(-c3ccc(CN4CCN(CC(C)(C)C)CC4=O)cc3)n2)cn1. The lowest BCUT2D eigenvalue weighted by molar-refractivity contribution is -0.137. The largest absolute Gasteiger partial charge is 0.336 e. The van der Waals surface area contributed by atoms with Crippen molar-refractivity contribution in [3.63, 3.8) is 0 Å². The molecule has 176 valence electrons. The molecule has 0 N–H and O–H groups in total. The monoisotopic (exact) mass is 457 g/mol. The maximum atomic E-state index is 12.7. The van der Waals surface area contributed by atoms with Crippen LogP contribution in [0.3, 0.4) is 0 Å². The zero-order chi connectivity index (χ0) is 23.9. The van der Waals surface area contributed by atoms with Crippen LogP contribution in [0.4, 0.5) is 0 Å². The number of hydrogen-bond acceptors (Lipinski definition) is 5. The first kappa shape index (κ1) is 22.3. The number of piperazine rings is 1. The van der Waals surface area contributed by atoms with Crippen molar-refractivity contribution in [1.82, 2.24) is 34.2 Å². The Hall–Kier alpha value is -3.52. The molecule has 1 amide bonds. The number of carbonyl (C=O) groups is 1. The third-order valence-corrected chi connectivity index (χ3v) is 6.09. The summed E-state index contributed by atoms with van der Waals surface area (Å²) >= 11 is 0. The number of amides is 1. The molecule has 0 bridgehead atoms. The van der Waals surface area contributed by atoms with Gasteiger partial charge in [-0.15, -0.1) is 0 Å². The van der Waals surface area contributed by atoms with Gasteiger partial charge >= 0.3 is 0 Å². The Bertz CT molecular complexity index is 1310. The second-order valence-electron chi connectivity index (χ2n) is 10.3. The zero-order valence-electron chi connectivity index (χ0n) is 20.3. The predicted octanol–water partition coefficient (Wildman–Crippen LogP) is 3.49. The van der Waals surface area contributed by atoms with Crippen molar-refractivity contribution in [2.45, 2.75) is 27.3 Å². The van der Waals surface area contributed by atoms with Crippen LogP contribution in [0.25, 0.3) is 28.0 Å². The number of carbonyl (C=O) groups excluding carboxylic acids is 1. The van der Waals surface area contributed by atoms with E-state index in [9.17, 15) is 4.79 Å². The van der Waals surface area contributed by atoms with E-state index in [0.717, 1.165) is 53.2 Å². The van der Waals surface area contributed by atoms with E-state index in [2.05, 4.69) is 60.1 Å². The standard InChI is InChI=1S/C26H31N7O/c1-26(2,3)18-31-11-12-32(24(34)17-31)14-19-5-7-20(8-6-19)25-23-9-10-27-33(23)16-22(29-25)21-13-28-30(4)15-21/h5-10,13,15-16H,11-12,14,17-18H2,1-4H3. The molecule has 0 unspecified atom stereocenters. The fourth-order valence-corrected chi connectivity index (χ4v) is 4.55. The Morgan fingerprint density at radius 3 is 2.44 bits per heavy atom. The van der Waals surface area contributed by atoms with E-state index < -0.39 is 0 Å². The predicted molar refractivity (Wildman–Crippen MR) is 132 cm³/mol. The lowest BCUT2D eigenvalue weighted by Gasteiger charge is -2.37. The van der Waals surface area contributed by atoms with Crippen LogP contribution >= 0.6 is 0 Å². The number of aryl methyl sites for hydroxylation is 1. The molecule has 1 saturated heterocycles. The summed E-state index contributed by atoms with van der Waals surface area (Å²) in [6, 6.07) is 10.3. The normalized spacial score (nSPS) is 15.4. The molecule has 8 heteroatoms. The highest BCUT2D eigenvalue weighted by Gasteiger charge is 2.26. The minimum absolute atomic E-state index is 0.196. The van der Waals surface area contributed by atoms with Crippen LogP contribution in [-0.4, -0.2) is 66.3 Å². The first-order chi connectivity index (χ1) is 16.2. The smallest absolute Gasteiger partial charge is 0.237 e. The molecule has 0 radical (unpaired) electrons. The summed E-state index contributed by atoms with van der Waals surface area (Å²) in [5, 5.41) is 8.70. The van der Waals surface area contributed by atoms with Gasteiger partial charge in [-0.2, -0.15) is 10.2 Å². The van der Waals surface area contributed by atoms with Gasteiger partial charge < -0.3 is 4.90 Å². The summed E-state index contributed by atoms with van der Waals surface area (Å²) in [4.78, 5) is 21.9. The van der Waals surface area contributed by atoms with Gasteiger partial charge in [0, 0.05) is 50.6 Å². The number of hydrogen-bond donors (Lipinski definition) is 0. The summed E-state index contributed by atoms with van der Waals surface area (Å²) in [5.74, 6) is 0.200. The summed E-state index contributed by atoms with van der Waals surface area (Å²) in [6.45, 7) is 10.4. The minimum Gasteiger partial charge on any atom is -0.336 e. The number of nitrogens with zero attached hydrogens (tertiary/aromatic N) is 7.